The molecule has 1 rings (SSSR count). The molecule has 0 aromatic carbocycles. The van der Waals surface area contributed by atoms with Gasteiger partial charge in [0, 0.05) is 12.7 Å². The Bertz CT molecular complexity index is 302. The fourth-order valence-corrected chi connectivity index (χ4v) is 1.92. The van der Waals surface area contributed by atoms with Crippen LogP contribution < -0.4 is 5.32 Å². The van der Waals surface area contributed by atoms with Crippen molar-refractivity contribution >= 4 is 17.7 Å². The Kier molecular flexibility index (Phi) is 5.47. The third-order valence-electron chi connectivity index (χ3n) is 1.90. The molecule has 15 heavy (non-hydrogen) atoms. The minimum Gasteiger partial charge on any atom is -0.354 e. The molecule has 0 aliphatic carbocycles. The fourth-order valence-electron chi connectivity index (χ4n) is 1.09. The molecule has 0 amide bonds. The van der Waals surface area contributed by atoms with Gasteiger partial charge in [0.15, 0.2) is 0 Å². The maximum absolute atomic E-state index is 4.49. The number of hydrogen-bond acceptors (Lipinski definition) is 4. The molecule has 1 aromatic rings. The first-order valence-electron chi connectivity index (χ1n) is 5.48. The summed E-state index contributed by atoms with van der Waals surface area (Å²) in [5.41, 5.74) is 1.16. The molecule has 84 valence electrons. The van der Waals surface area contributed by atoms with E-state index in [0.717, 1.165) is 35.3 Å². The van der Waals surface area contributed by atoms with Crippen molar-refractivity contribution in [1.82, 2.24) is 9.97 Å². The number of rotatable bonds is 6. The van der Waals surface area contributed by atoms with Crippen LogP contribution in [0.1, 0.15) is 32.3 Å². The van der Waals surface area contributed by atoms with Crippen LogP contribution in [0.3, 0.4) is 0 Å². The Morgan fingerprint density at radius 1 is 1.33 bits per heavy atom. The number of thioether (sulfide) groups is 1. The Labute approximate surface area is 96.1 Å². The SMILES string of the molecule is CCCNc1ncc(C)c(SCCC)n1. The molecule has 4 heteroatoms. The van der Waals surface area contributed by atoms with E-state index in [9.17, 15) is 0 Å². The van der Waals surface area contributed by atoms with Crippen molar-refractivity contribution in [3.63, 3.8) is 0 Å². The highest BCUT2D eigenvalue weighted by molar-refractivity contribution is 7.99. The molecular weight excluding hydrogens is 206 g/mol. The van der Waals surface area contributed by atoms with Crippen molar-refractivity contribution in [1.29, 1.82) is 0 Å². The summed E-state index contributed by atoms with van der Waals surface area (Å²) in [6, 6.07) is 0. The summed E-state index contributed by atoms with van der Waals surface area (Å²) in [6.45, 7) is 7.30. The van der Waals surface area contributed by atoms with Gasteiger partial charge in [-0.1, -0.05) is 13.8 Å². The van der Waals surface area contributed by atoms with Gasteiger partial charge >= 0.3 is 0 Å². The summed E-state index contributed by atoms with van der Waals surface area (Å²) in [6.07, 6.45) is 4.16. The molecule has 1 heterocycles. The summed E-state index contributed by atoms with van der Waals surface area (Å²) < 4.78 is 0. The first kappa shape index (κ1) is 12.3. The molecule has 0 saturated carbocycles. The lowest BCUT2D eigenvalue weighted by Crippen LogP contribution is -2.05. The highest BCUT2D eigenvalue weighted by Gasteiger charge is 2.03. The zero-order valence-electron chi connectivity index (χ0n) is 9.71. The molecule has 0 aliphatic rings. The van der Waals surface area contributed by atoms with Gasteiger partial charge in [-0.25, -0.2) is 9.97 Å². The molecule has 0 aliphatic heterocycles. The number of anilines is 1. The normalized spacial score (nSPS) is 10.3. The van der Waals surface area contributed by atoms with E-state index < -0.39 is 0 Å². The van der Waals surface area contributed by atoms with Crippen molar-refractivity contribution in [2.75, 3.05) is 17.6 Å². The van der Waals surface area contributed by atoms with Crippen LogP contribution in [0.4, 0.5) is 5.95 Å². The van der Waals surface area contributed by atoms with E-state index in [0.29, 0.717) is 0 Å². The van der Waals surface area contributed by atoms with Crippen LogP contribution in [-0.2, 0) is 0 Å². The van der Waals surface area contributed by atoms with E-state index >= 15 is 0 Å². The van der Waals surface area contributed by atoms with Crippen LogP contribution in [0.15, 0.2) is 11.2 Å². The standard InChI is InChI=1S/C11H19N3S/c1-4-6-12-11-13-8-9(3)10(14-11)15-7-5-2/h8H,4-7H2,1-3H3,(H,12,13,14). The average Bonchev–Trinajstić information content (AvgIpc) is 2.26. The van der Waals surface area contributed by atoms with Crippen LogP contribution in [-0.4, -0.2) is 22.3 Å². The van der Waals surface area contributed by atoms with Gasteiger partial charge in [0.2, 0.25) is 5.95 Å². The number of nitrogens with one attached hydrogen (secondary N) is 1. The highest BCUT2D eigenvalue weighted by atomic mass is 32.2. The van der Waals surface area contributed by atoms with Crippen molar-refractivity contribution in [2.45, 2.75) is 38.6 Å². The monoisotopic (exact) mass is 225 g/mol. The number of aromatic nitrogens is 2. The summed E-state index contributed by atoms with van der Waals surface area (Å²) in [5.74, 6) is 1.87. The topological polar surface area (TPSA) is 37.8 Å². The molecule has 0 radical (unpaired) electrons. The number of hydrogen-bond donors (Lipinski definition) is 1. The second-order valence-electron chi connectivity index (χ2n) is 3.46. The maximum Gasteiger partial charge on any atom is 0.223 e. The number of aryl methyl sites for hydroxylation is 1. The minimum atomic E-state index is 0.751. The summed E-state index contributed by atoms with van der Waals surface area (Å²) in [5, 5.41) is 4.31. The van der Waals surface area contributed by atoms with Crippen molar-refractivity contribution in [2.24, 2.45) is 0 Å². The second kappa shape index (κ2) is 6.67. The smallest absolute Gasteiger partial charge is 0.223 e. The Balaban J connectivity index is 2.66. The van der Waals surface area contributed by atoms with Crippen LogP contribution in [0, 0.1) is 6.92 Å². The Morgan fingerprint density at radius 3 is 2.80 bits per heavy atom. The zero-order valence-corrected chi connectivity index (χ0v) is 10.5. The van der Waals surface area contributed by atoms with Gasteiger partial charge in [0.1, 0.15) is 5.03 Å². The molecule has 0 saturated heterocycles. The predicted octanol–water partition coefficient (Wildman–Crippen LogP) is 3.11. The molecule has 1 N–H and O–H groups in total. The Morgan fingerprint density at radius 2 is 2.13 bits per heavy atom. The van der Waals surface area contributed by atoms with Gasteiger partial charge in [0.05, 0.1) is 0 Å². The van der Waals surface area contributed by atoms with Gasteiger partial charge < -0.3 is 5.32 Å². The molecule has 0 atom stereocenters. The van der Waals surface area contributed by atoms with E-state index in [4.69, 9.17) is 0 Å². The van der Waals surface area contributed by atoms with Gasteiger partial charge in [-0.15, -0.1) is 11.8 Å². The minimum absolute atomic E-state index is 0.751. The lowest BCUT2D eigenvalue weighted by atomic mass is 10.4. The van der Waals surface area contributed by atoms with Crippen molar-refractivity contribution < 1.29 is 0 Å². The molecule has 0 unspecified atom stereocenters. The average molecular weight is 225 g/mol. The summed E-state index contributed by atoms with van der Waals surface area (Å²) in [7, 11) is 0. The first-order chi connectivity index (χ1) is 7.27. The Hall–Kier alpha value is -0.770. The van der Waals surface area contributed by atoms with Gasteiger partial charge in [-0.3, -0.25) is 0 Å². The fraction of sp³-hybridized carbons (Fsp3) is 0.636. The van der Waals surface area contributed by atoms with Gasteiger partial charge in [-0.2, -0.15) is 0 Å². The summed E-state index contributed by atoms with van der Waals surface area (Å²) in [4.78, 5) is 8.74. The second-order valence-corrected chi connectivity index (χ2v) is 4.54. The quantitative estimate of drug-likeness (QED) is 0.596. The molecule has 1 aromatic heterocycles. The molecule has 0 bridgehead atoms. The van der Waals surface area contributed by atoms with Crippen LogP contribution in [0.2, 0.25) is 0 Å². The molecule has 3 nitrogen and oxygen atoms in total. The molecular formula is C11H19N3S. The predicted molar refractivity (Wildman–Crippen MR) is 66.6 cm³/mol. The van der Waals surface area contributed by atoms with Crippen LogP contribution >= 0.6 is 11.8 Å². The third-order valence-corrected chi connectivity index (χ3v) is 3.20. The lowest BCUT2D eigenvalue weighted by Gasteiger charge is -2.07. The largest absolute Gasteiger partial charge is 0.354 e. The van der Waals surface area contributed by atoms with E-state index in [2.05, 4.69) is 36.1 Å². The number of nitrogens with zero attached hydrogens (tertiary/aromatic N) is 2. The first-order valence-corrected chi connectivity index (χ1v) is 6.46. The third kappa shape index (κ3) is 4.08. The van der Waals surface area contributed by atoms with E-state index in [1.54, 1.807) is 11.8 Å². The van der Waals surface area contributed by atoms with Crippen LogP contribution in [0.25, 0.3) is 0 Å². The zero-order chi connectivity index (χ0) is 11.1. The van der Waals surface area contributed by atoms with Crippen molar-refractivity contribution in [3.8, 4) is 0 Å². The van der Waals surface area contributed by atoms with Crippen LogP contribution in [0.5, 0.6) is 0 Å². The highest BCUT2D eigenvalue weighted by Crippen LogP contribution is 2.20. The van der Waals surface area contributed by atoms with Gasteiger partial charge in [0.25, 0.3) is 0 Å². The van der Waals surface area contributed by atoms with E-state index in [1.807, 2.05) is 6.20 Å². The van der Waals surface area contributed by atoms with E-state index in [-0.39, 0.29) is 0 Å². The molecule has 0 spiro atoms. The van der Waals surface area contributed by atoms with E-state index in [1.165, 1.54) is 6.42 Å². The summed E-state index contributed by atoms with van der Waals surface area (Å²) >= 11 is 1.80. The van der Waals surface area contributed by atoms with Crippen molar-refractivity contribution in [3.05, 3.63) is 11.8 Å². The van der Waals surface area contributed by atoms with Gasteiger partial charge in [-0.05, 0) is 31.1 Å². The molecule has 0 fully saturated rings. The maximum atomic E-state index is 4.49. The lowest BCUT2D eigenvalue weighted by molar-refractivity contribution is 0.924.